The van der Waals surface area contributed by atoms with Crippen molar-refractivity contribution in [2.24, 2.45) is 22.0 Å². The lowest BCUT2D eigenvalue weighted by atomic mass is 9.73. The minimum absolute atomic E-state index is 0.00449. The molecule has 4 nitrogen and oxygen atoms in total. The topological polar surface area (TPSA) is 64.3 Å². The van der Waals surface area contributed by atoms with E-state index >= 15 is 0 Å². The van der Waals surface area contributed by atoms with Crippen LogP contribution in [0.4, 0.5) is 4.79 Å². The van der Waals surface area contributed by atoms with E-state index in [4.69, 9.17) is 10.5 Å². The van der Waals surface area contributed by atoms with E-state index in [9.17, 15) is 4.79 Å². The lowest BCUT2D eigenvalue weighted by Gasteiger charge is -2.40. The van der Waals surface area contributed by atoms with Crippen LogP contribution in [-0.4, -0.2) is 24.3 Å². The molecule has 1 amide bonds. The molecule has 1 rings (SSSR count). The summed E-state index contributed by atoms with van der Waals surface area (Å²) in [6, 6.07) is 0.00449. The van der Waals surface area contributed by atoms with E-state index in [0.29, 0.717) is 6.54 Å². The Balaban J connectivity index is 2.92. The first-order valence-corrected chi connectivity index (χ1v) is 7.45. The third kappa shape index (κ3) is 3.46. The van der Waals surface area contributed by atoms with Crippen LogP contribution in [0.2, 0.25) is 0 Å². The van der Waals surface area contributed by atoms with Gasteiger partial charge in [-0.2, -0.15) is 0 Å². The summed E-state index contributed by atoms with van der Waals surface area (Å²) in [5.41, 5.74) is 5.62. The van der Waals surface area contributed by atoms with Crippen LogP contribution in [0.5, 0.6) is 0 Å². The van der Waals surface area contributed by atoms with Gasteiger partial charge in [-0.25, -0.2) is 4.79 Å². The van der Waals surface area contributed by atoms with Crippen molar-refractivity contribution in [3.63, 3.8) is 0 Å². The van der Waals surface area contributed by atoms with Crippen molar-refractivity contribution in [2.45, 2.75) is 73.5 Å². The van der Waals surface area contributed by atoms with Crippen molar-refractivity contribution >= 4 is 6.09 Å². The molecule has 0 aliphatic heterocycles. The lowest BCUT2D eigenvalue weighted by Crippen LogP contribution is -2.54. The number of alkyl carbamates (subject to hydrolysis) is 1. The molecule has 2 unspecified atom stereocenters. The molecule has 118 valence electrons. The number of nitrogens with two attached hydrogens (primary N) is 1. The molecule has 0 saturated heterocycles. The van der Waals surface area contributed by atoms with Crippen LogP contribution in [0, 0.1) is 16.2 Å². The number of hydrogen-bond acceptors (Lipinski definition) is 3. The fourth-order valence-electron chi connectivity index (χ4n) is 3.31. The number of amides is 1. The van der Waals surface area contributed by atoms with Gasteiger partial charge in [0.1, 0.15) is 5.60 Å². The fraction of sp³-hybridized carbons (Fsp3) is 0.938. The van der Waals surface area contributed by atoms with Gasteiger partial charge in [0.15, 0.2) is 0 Å². The second kappa shape index (κ2) is 4.90. The van der Waals surface area contributed by atoms with Gasteiger partial charge in [-0.3, -0.25) is 0 Å². The zero-order valence-electron chi connectivity index (χ0n) is 14.4. The normalized spacial score (nSPS) is 26.9. The summed E-state index contributed by atoms with van der Waals surface area (Å²) in [4.78, 5) is 12.1. The van der Waals surface area contributed by atoms with Gasteiger partial charge in [-0.15, -0.1) is 0 Å². The highest BCUT2D eigenvalue weighted by Gasteiger charge is 2.66. The van der Waals surface area contributed by atoms with E-state index in [1.165, 1.54) is 0 Å². The second-order valence-electron chi connectivity index (χ2n) is 8.87. The molecule has 1 saturated carbocycles. The summed E-state index contributed by atoms with van der Waals surface area (Å²) >= 11 is 0. The Labute approximate surface area is 123 Å². The van der Waals surface area contributed by atoms with E-state index in [-0.39, 0.29) is 28.4 Å². The first-order valence-electron chi connectivity index (χ1n) is 7.45. The minimum atomic E-state index is -0.485. The van der Waals surface area contributed by atoms with Gasteiger partial charge >= 0.3 is 6.09 Å². The Morgan fingerprint density at radius 1 is 1.25 bits per heavy atom. The maximum atomic E-state index is 12.1. The van der Waals surface area contributed by atoms with Crippen LogP contribution < -0.4 is 11.1 Å². The zero-order chi connectivity index (χ0) is 16.0. The number of rotatable bonds is 3. The summed E-state index contributed by atoms with van der Waals surface area (Å²) < 4.78 is 5.41. The Hall–Kier alpha value is -0.770. The Kier molecular flexibility index (Phi) is 4.24. The summed E-state index contributed by atoms with van der Waals surface area (Å²) in [6.07, 6.45) is 0.682. The Morgan fingerprint density at radius 3 is 1.95 bits per heavy atom. The van der Waals surface area contributed by atoms with E-state index < -0.39 is 5.60 Å². The van der Waals surface area contributed by atoms with Gasteiger partial charge in [0.05, 0.1) is 0 Å². The SMILES string of the molecule is CC(C)(C)OC(=O)NC(C(C)(C)C)C1(CN)CC1(C)C. The fourth-order valence-corrected chi connectivity index (χ4v) is 3.31. The maximum Gasteiger partial charge on any atom is 0.407 e. The summed E-state index contributed by atoms with van der Waals surface area (Å²) in [7, 11) is 0. The van der Waals surface area contributed by atoms with Crippen molar-refractivity contribution in [2.75, 3.05) is 6.54 Å². The predicted octanol–water partition coefficient (Wildman–Crippen LogP) is 3.30. The molecule has 1 fully saturated rings. The molecule has 0 spiro atoms. The monoisotopic (exact) mass is 284 g/mol. The summed E-state index contributed by atoms with van der Waals surface area (Å²) in [5, 5.41) is 3.08. The van der Waals surface area contributed by atoms with E-state index in [1.807, 2.05) is 20.8 Å². The predicted molar refractivity (Wildman–Crippen MR) is 82.5 cm³/mol. The van der Waals surface area contributed by atoms with Crippen LogP contribution in [0.1, 0.15) is 61.8 Å². The lowest BCUT2D eigenvalue weighted by molar-refractivity contribution is 0.0390. The second-order valence-corrected chi connectivity index (χ2v) is 8.87. The van der Waals surface area contributed by atoms with Crippen LogP contribution in [0.3, 0.4) is 0 Å². The molecule has 0 radical (unpaired) electrons. The number of nitrogens with one attached hydrogen (secondary N) is 1. The van der Waals surface area contributed by atoms with Crippen molar-refractivity contribution in [1.29, 1.82) is 0 Å². The minimum Gasteiger partial charge on any atom is -0.444 e. The van der Waals surface area contributed by atoms with E-state index in [1.54, 1.807) is 0 Å². The molecular weight excluding hydrogens is 252 g/mol. The van der Waals surface area contributed by atoms with Crippen LogP contribution in [0.25, 0.3) is 0 Å². The average Bonchev–Trinajstić information content (AvgIpc) is 2.74. The molecule has 1 aliphatic carbocycles. The molecular formula is C16H32N2O2. The third-order valence-corrected chi connectivity index (χ3v) is 4.42. The van der Waals surface area contributed by atoms with E-state index in [0.717, 1.165) is 6.42 Å². The van der Waals surface area contributed by atoms with Crippen molar-refractivity contribution in [3.05, 3.63) is 0 Å². The van der Waals surface area contributed by atoms with Gasteiger partial charge in [0, 0.05) is 18.0 Å². The smallest absolute Gasteiger partial charge is 0.407 e. The third-order valence-electron chi connectivity index (χ3n) is 4.42. The van der Waals surface area contributed by atoms with Crippen molar-refractivity contribution in [3.8, 4) is 0 Å². The first-order chi connectivity index (χ1) is 8.75. The van der Waals surface area contributed by atoms with Gasteiger partial charge < -0.3 is 15.8 Å². The maximum absolute atomic E-state index is 12.1. The molecule has 0 aromatic carbocycles. The number of ether oxygens (including phenoxy) is 1. The largest absolute Gasteiger partial charge is 0.444 e. The number of hydrogen-bond donors (Lipinski definition) is 2. The van der Waals surface area contributed by atoms with Crippen LogP contribution >= 0.6 is 0 Å². The van der Waals surface area contributed by atoms with Gasteiger partial charge in [0.2, 0.25) is 0 Å². The Bertz CT molecular complexity index is 377. The molecule has 3 N–H and O–H groups in total. The summed E-state index contributed by atoms with van der Waals surface area (Å²) in [5.74, 6) is 0. The van der Waals surface area contributed by atoms with Gasteiger partial charge in [0.25, 0.3) is 0 Å². The zero-order valence-corrected chi connectivity index (χ0v) is 14.4. The number of carbonyl (C=O) groups is 1. The highest BCUT2D eigenvalue weighted by atomic mass is 16.6. The summed E-state index contributed by atoms with van der Waals surface area (Å²) in [6.45, 7) is 17.1. The number of carbonyl (C=O) groups excluding carboxylic acids is 1. The Morgan fingerprint density at radius 2 is 1.70 bits per heavy atom. The highest BCUT2D eigenvalue weighted by Crippen LogP contribution is 2.66. The van der Waals surface area contributed by atoms with Crippen molar-refractivity contribution in [1.82, 2.24) is 5.32 Å². The molecule has 4 heteroatoms. The average molecular weight is 284 g/mol. The quantitative estimate of drug-likeness (QED) is 0.835. The molecule has 0 aromatic heterocycles. The van der Waals surface area contributed by atoms with Gasteiger partial charge in [-0.05, 0) is 38.0 Å². The standard InChI is InChI=1S/C16H32N2O2/c1-13(2,3)11(16(10-17)9-15(16,7)8)18-12(19)20-14(4,5)6/h11H,9-10,17H2,1-8H3,(H,18,19). The van der Waals surface area contributed by atoms with Crippen LogP contribution in [-0.2, 0) is 4.74 Å². The molecule has 0 bridgehead atoms. The molecule has 0 aromatic rings. The highest BCUT2D eigenvalue weighted by molar-refractivity contribution is 5.68. The van der Waals surface area contributed by atoms with Crippen molar-refractivity contribution < 1.29 is 9.53 Å². The molecule has 1 aliphatic rings. The molecule has 2 atom stereocenters. The molecule has 0 heterocycles. The molecule has 20 heavy (non-hydrogen) atoms. The van der Waals surface area contributed by atoms with Crippen LogP contribution in [0.15, 0.2) is 0 Å². The van der Waals surface area contributed by atoms with Gasteiger partial charge in [-0.1, -0.05) is 34.6 Å². The van der Waals surface area contributed by atoms with E-state index in [2.05, 4.69) is 39.9 Å². The first kappa shape index (κ1) is 17.3.